The second kappa shape index (κ2) is 4.79. The van der Waals surface area contributed by atoms with E-state index in [1.165, 1.54) is 0 Å². The van der Waals surface area contributed by atoms with Crippen LogP contribution in [-0.2, 0) is 0 Å². The van der Waals surface area contributed by atoms with E-state index >= 15 is 0 Å². The summed E-state index contributed by atoms with van der Waals surface area (Å²) in [5.41, 5.74) is 6.95. The van der Waals surface area contributed by atoms with Gasteiger partial charge in [0.25, 0.3) is 0 Å². The van der Waals surface area contributed by atoms with Crippen molar-refractivity contribution in [2.45, 2.75) is 19.1 Å². The third kappa shape index (κ3) is 2.60. The van der Waals surface area contributed by atoms with Crippen LogP contribution in [0, 0.1) is 5.92 Å². The summed E-state index contributed by atoms with van der Waals surface area (Å²) in [6.45, 7) is 4.96. The highest BCUT2D eigenvalue weighted by molar-refractivity contribution is 7.81. The summed E-state index contributed by atoms with van der Waals surface area (Å²) in [4.78, 5) is 15.2. The monoisotopic (exact) mass is 252 g/mol. The summed E-state index contributed by atoms with van der Waals surface area (Å²) in [7, 11) is 0. The normalized spacial score (nSPS) is 13.2. The highest BCUT2D eigenvalue weighted by Gasteiger charge is 2.11. The van der Waals surface area contributed by atoms with E-state index in [0.29, 0.717) is 23.9 Å². The van der Waals surface area contributed by atoms with Crippen LogP contribution in [0.25, 0.3) is 11.2 Å². The largest absolute Gasteiger partial charge is 0.368 e. The van der Waals surface area contributed by atoms with Gasteiger partial charge in [0.15, 0.2) is 11.5 Å². The minimum atomic E-state index is 0.215. The summed E-state index contributed by atoms with van der Waals surface area (Å²) in [5.74, 6) is 1.37. The van der Waals surface area contributed by atoms with Crippen molar-refractivity contribution in [1.29, 1.82) is 0 Å². The van der Waals surface area contributed by atoms with Crippen molar-refractivity contribution in [2.75, 3.05) is 17.6 Å². The molecule has 2 heterocycles. The lowest BCUT2D eigenvalue weighted by atomic mass is 10.1. The lowest BCUT2D eigenvalue weighted by molar-refractivity contribution is 0.627. The summed E-state index contributed by atoms with van der Waals surface area (Å²) < 4.78 is 0. The van der Waals surface area contributed by atoms with Crippen molar-refractivity contribution < 1.29 is 0 Å². The number of nitrogens with one attached hydrogen (secondary N) is 2. The van der Waals surface area contributed by atoms with E-state index < -0.39 is 0 Å². The van der Waals surface area contributed by atoms with Crippen molar-refractivity contribution in [3.63, 3.8) is 0 Å². The number of hydrogen-bond acceptors (Lipinski definition) is 6. The number of fused-ring (bicyclic) bond motifs is 1. The Labute approximate surface area is 105 Å². The van der Waals surface area contributed by atoms with Crippen LogP contribution in [0.2, 0.25) is 0 Å². The number of nitrogens with zero attached hydrogens (tertiary/aromatic N) is 3. The third-order valence-corrected chi connectivity index (χ3v) is 3.33. The van der Waals surface area contributed by atoms with E-state index in [1.54, 1.807) is 6.33 Å². The van der Waals surface area contributed by atoms with Gasteiger partial charge in [-0.2, -0.15) is 22.6 Å². The number of rotatable bonds is 4. The Balaban J connectivity index is 2.20. The maximum atomic E-state index is 5.61. The van der Waals surface area contributed by atoms with Gasteiger partial charge in [0.05, 0.1) is 6.33 Å². The van der Waals surface area contributed by atoms with Crippen molar-refractivity contribution in [3.8, 4) is 0 Å². The number of aromatic amines is 1. The van der Waals surface area contributed by atoms with Crippen molar-refractivity contribution >= 4 is 35.6 Å². The van der Waals surface area contributed by atoms with E-state index in [4.69, 9.17) is 5.73 Å². The molecule has 0 spiro atoms. The Morgan fingerprint density at radius 3 is 2.94 bits per heavy atom. The number of aromatic nitrogens is 4. The fourth-order valence-corrected chi connectivity index (χ4v) is 1.51. The van der Waals surface area contributed by atoms with Crippen LogP contribution in [0.15, 0.2) is 6.33 Å². The van der Waals surface area contributed by atoms with Gasteiger partial charge < -0.3 is 16.0 Å². The van der Waals surface area contributed by atoms with Gasteiger partial charge in [-0.05, 0) is 5.92 Å². The maximum absolute atomic E-state index is 5.61. The van der Waals surface area contributed by atoms with Crippen LogP contribution in [0.1, 0.15) is 13.8 Å². The Hall–Kier alpha value is -1.50. The number of hydrogen-bond donors (Lipinski definition) is 4. The molecule has 0 aliphatic rings. The topological polar surface area (TPSA) is 92.5 Å². The Morgan fingerprint density at radius 2 is 2.24 bits per heavy atom. The van der Waals surface area contributed by atoms with Gasteiger partial charge in [-0.1, -0.05) is 13.8 Å². The van der Waals surface area contributed by atoms with Gasteiger partial charge in [-0.3, -0.25) is 0 Å². The fourth-order valence-electron chi connectivity index (χ4n) is 1.41. The Bertz CT molecular complexity index is 508. The molecular weight excluding hydrogens is 236 g/mol. The van der Waals surface area contributed by atoms with Gasteiger partial charge in [0, 0.05) is 11.8 Å². The van der Waals surface area contributed by atoms with Gasteiger partial charge in [-0.15, -0.1) is 0 Å². The molecule has 0 fully saturated rings. The molecule has 7 heteroatoms. The molecule has 2 rings (SSSR count). The molecule has 17 heavy (non-hydrogen) atoms. The average molecular weight is 252 g/mol. The molecule has 0 aliphatic carbocycles. The molecule has 0 amide bonds. The van der Waals surface area contributed by atoms with Crippen molar-refractivity contribution in [1.82, 2.24) is 19.9 Å². The van der Waals surface area contributed by atoms with Crippen LogP contribution < -0.4 is 11.1 Å². The quantitative estimate of drug-likeness (QED) is 0.616. The third-order valence-electron chi connectivity index (χ3n) is 2.55. The van der Waals surface area contributed by atoms with E-state index in [2.05, 4.69) is 51.7 Å². The zero-order valence-electron chi connectivity index (χ0n) is 9.81. The predicted octanol–water partition coefficient (Wildman–Crippen LogP) is 1.30. The minimum absolute atomic E-state index is 0.215. The standard InChI is InChI=1S/C10H16N6S/c1-5(2)6(17)3-12-8-7-9(14-4-13-7)16-10(11)15-8/h4-6,17H,3H2,1-2H3,(H4,11,12,13,14,15,16). The predicted molar refractivity (Wildman–Crippen MR) is 72.2 cm³/mol. The van der Waals surface area contributed by atoms with Crippen molar-refractivity contribution in [2.24, 2.45) is 5.92 Å². The second-order valence-electron chi connectivity index (χ2n) is 4.22. The zero-order chi connectivity index (χ0) is 12.4. The van der Waals surface area contributed by atoms with Crippen molar-refractivity contribution in [3.05, 3.63) is 6.33 Å². The molecule has 0 radical (unpaired) electrons. The highest BCUT2D eigenvalue weighted by Crippen LogP contribution is 2.18. The molecule has 0 saturated heterocycles. The molecule has 1 unspecified atom stereocenters. The first-order valence-electron chi connectivity index (χ1n) is 5.46. The number of anilines is 2. The number of H-pyrrole nitrogens is 1. The van der Waals surface area contributed by atoms with Gasteiger partial charge in [-0.25, -0.2) is 4.98 Å². The van der Waals surface area contributed by atoms with Crippen LogP contribution in [0.4, 0.5) is 11.8 Å². The van der Waals surface area contributed by atoms with Crippen LogP contribution in [0.3, 0.4) is 0 Å². The molecular formula is C10H16N6S. The molecule has 2 aromatic heterocycles. The smallest absolute Gasteiger partial charge is 0.224 e. The van der Waals surface area contributed by atoms with E-state index in [1.807, 2.05) is 0 Å². The summed E-state index contributed by atoms with van der Waals surface area (Å²) in [6, 6.07) is 0. The highest BCUT2D eigenvalue weighted by atomic mass is 32.1. The van der Waals surface area contributed by atoms with E-state index in [-0.39, 0.29) is 11.2 Å². The van der Waals surface area contributed by atoms with Crippen LogP contribution >= 0.6 is 12.6 Å². The maximum Gasteiger partial charge on any atom is 0.224 e. The number of nitrogen functional groups attached to an aromatic ring is 1. The number of nitrogens with two attached hydrogens (primary N) is 1. The van der Waals surface area contributed by atoms with Gasteiger partial charge in [0.2, 0.25) is 5.95 Å². The second-order valence-corrected chi connectivity index (χ2v) is 4.89. The number of imidazole rings is 1. The summed E-state index contributed by atoms with van der Waals surface area (Å²) in [6.07, 6.45) is 1.57. The van der Waals surface area contributed by atoms with Gasteiger partial charge >= 0.3 is 0 Å². The molecule has 6 nitrogen and oxygen atoms in total. The van der Waals surface area contributed by atoms with Crippen LogP contribution in [0.5, 0.6) is 0 Å². The summed E-state index contributed by atoms with van der Waals surface area (Å²) in [5, 5.41) is 3.47. The first-order chi connectivity index (χ1) is 8.08. The first-order valence-corrected chi connectivity index (χ1v) is 5.98. The molecule has 4 N–H and O–H groups in total. The average Bonchev–Trinajstić information content (AvgIpc) is 2.72. The first kappa shape index (κ1) is 12.0. The Morgan fingerprint density at radius 1 is 1.47 bits per heavy atom. The van der Waals surface area contributed by atoms with E-state index in [9.17, 15) is 0 Å². The Kier molecular flexibility index (Phi) is 3.37. The molecule has 0 aromatic carbocycles. The zero-order valence-corrected chi connectivity index (χ0v) is 10.7. The fraction of sp³-hybridized carbons (Fsp3) is 0.500. The molecule has 1 atom stereocenters. The SMILES string of the molecule is CC(C)C(S)CNc1nc(N)nc2nc[nH]c12. The summed E-state index contributed by atoms with van der Waals surface area (Å²) >= 11 is 4.50. The molecule has 0 saturated carbocycles. The molecule has 2 aromatic rings. The van der Waals surface area contributed by atoms with Crippen LogP contribution in [-0.4, -0.2) is 31.7 Å². The van der Waals surface area contributed by atoms with Gasteiger partial charge in [0.1, 0.15) is 5.52 Å². The molecule has 0 bridgehead atoms. The lowest BCUT2D eigenvalue weighted by Crippen LogP contribution is -2.20. The number of thiol groups is 1. The lowest BCUT2D eigenvalue weighted by Gasteiger charge is -2.15. The molecule has 92 valence electrons. The molecule has 0 aliphatic heterocycles. The minimum Gasteiger partial charge on any atom is -0.368 e. The van der Waals surface area contributed by atoms with E-state index in [0.717, 1.165) is 5.52 Å².